The normalized spacial score (nSPS) is 9.85. The predicted octanol–water partition coefficient (Wildman–Crippen LogP) is 3.40. The average Bonchev–Trinajstić information content (AvgIpc) is 2.38. The first kappa shape index (κ1) is 13.7. The van der Waals surface area contributed by atoms with Crippen molar-refractivity contribution >= 4 is 28.8 Å². The van der Waals surface area contributed by atoms with Gasteiger partial charge in [0, 0.05) is 6.07 Å². The molecule has 0 atom stereocenters. The first-order valence-electron chi connectivity index (χ1n) is 5.29. The van der Waals surface area contributed by atoms with Crippen LogP contribution in [0.2, 0.25) is 5.15 Å². The van der Waals surface area contributed by atoms with Crippen LogP contribution in [0.1, 0.15) is 5.56 Å². The third kappa shape index (κ3) is 2.65. The Morgan fingerprint density at radius 1 is 1.40 bits per heavy atom. The number of nitrogens with one attached hydrogen (secondary N) is 1. The van der Waals surface area contributed by atoms with E-state index in [1.807, 2.05) is 0 Å². The summed E-state index contributed by atoms with van der Waals surface area (Å²) in [4.78, 5) is 14.0. The van der Waals surface area contributed by atoms with Crippen LogP contribution in [0.3, 0.4) is 0 Å². The second-order valence-electron chi connectivity index (χ2n) is 3.66. The molecule has 0 radical (unpaired) electrons. The molecule has 0 aliphatic rings. The van der Waals surface area contributed by atoms with Crippen LogP contribution in [0.4, 0.5) is 21.6 Å². The fourth-order valence-corrected chi connectivity index (χ4v) is 1.68. The van der Waals surface area contributed by atoms with Gasteiger partial charge in [0.05, 0.1) is 10.6 Å². The van der Waals surface area contributed by atoms with Gasteiger partial charge in [-0.3, -0.25) is 10.1 Å². The summed E-state index contributed by atoms with van der Waals surface area (Å²) in [5.41, 5.74) is -0.517. The topological polar surface area (TPSA) is 91.8 Å². The number of nitriles is 1. The number of hydrogen-bond donors (Lipinski definition) is 1. The zero-order valence-electron chi connectivity index (χ0n) is 9.80. The lowest BCUT2D eigenvalue weighted by molar-refractivity contribution is -0.384. The second-order valence-corrected chi connectivity index (χ2v) is 4.05. The highest BCUT2D eigenvalue weighted by molar-refractivity contribution is 6.29. The molecular formula is C12H6ClFN4O2. The second kappa shape index (κ2) is 5.50. The maximum Gasteiger partial charge on any atom is 0.311 e. The molecule has 2 rings (SSSR count). The van der Waals surface area contributed by atoms with E-state index in [1.165, 1.54) is 24.3 Å². The molecule has 0 bridgehead atoms. The summed E-state index contributed by atoms with van der Waals surface area (Å²) < 4.78 is 13.4. The highest BCUT2D eigenvalue weighted by atomic mass is 35.5. The van der Waals surface area contributed by atoms with Gasteiger partial charge in [-0.25, -0.2) is 9.37 Å². The van der Waals surface area contributed by atoms with Crippen molar-refractivity contribution in [1.82, 2.24) is 4.98 Å². The third-order valence-corrected chi connectivity index (χ3v) is 2.63. The Morgan fingerprint density at radius 3 is 2.80 bits per heavy atom. The van der Waals surface area contributed by atoms with E-state index < -0.39 is 10.7 Å². The molecule has 1 aromatic heterocycles. The Labute approximate surface area is 117 Å². The fourth-order valence-electron chi connectivity index (χ4n) is 1.54. The largest absolute Gasteiger partial charge is 0.333 e. The van der Waals surface area contributed by atoms with Crippen LogP contribution in [0.15, 0.2) is 30.3 Å². The molecular weight excluding hydrogens is 287 g/mol. The first-order valence-corrected chi connectivity index (χ1v) is 5.67. The summed E-state index contributed by atoms with van der Waals surface area (Å²) in [7, 11) is 0. The van der Waals surface area contributed by atoms with E-state index >= 15 is 0 Å². The van der Waals surface area contributed by atoms with Gasteiger partial charge in [-0.05, 0) is 18.2 Å². The van der Waals surface area contributed by atoms with Crippen LogP contribution in [0.5, 0.6) is 0 Å². The van der Waals surface area contributed by atoms with Gasteiger partial charge < -0.3 is 5.32 Å². The molecule has 0 amide bonds. The van der Waals surface area contributed by atoms with E-state index in [0.717, 1.165) is 6.07 Å². The van der Waals surface area contributed by atoms with Crippen LogP contribution in [0.25, 0.3) is 0 Å². The van der Waals surface area contributed by atoms with Crippen molar-refractivity contribution < 1.29 is 9.31 Å². The van der Waals surface area contributed by atoms with Crippen molar-refractivity contribution in [3.63, 3.8) is 0 Å². The maximum absolute atomic E-state index is 13.4. The molecule has 0 fully saturated rings. The summed E-state index contributed by atoms with van der Waals surface area (Å²) >= 11 is 5.68. The molecule has 0 spiro atoms. The van der Waals surface area contributed by atoms with Gasteiger partial charge in [-0.1, -0.05) is 17.7 Å². The lowest BCUT2D eigenvalue weighted by Gasteiger charge is -2.08. The average molecular weight is 293 g/mol. The zero-order chi connectivity index (χ0) is 14.7. The van der Waals surface area contributed by atoms with Crippen molar-refractivity contribution in [1.29, 1.82) is 5.26 Å². The van der Waals surface area contributed by atoms with Crippen LogP contribution in [0, 0.1) is 27.3 Å². The minimum Gasteiger partial charge on any atom is -0.333 e. The van der Waals surface area contributed by atoms with Gasteiger partial charge in [-0.15, -0.1) is 0 Å². The third-order valence-electron chi connectivity index (χ3n) is 2.42. The van der Waals surface area contributed by atoms with Gasteiger partial charge in [-0.2, -0.15) is 5.26 Å². The van der Waals surface area contributed by atoms with E-state index in [4.69, 9.17) is 16.9 Å². The molecule has 20 heavy (non-hydrogen) atoms. The van der Waals surface area contributed by atoms with E-state index in [0.29, 0.717) is 0 Å². The number of nitro groups is 1. The van der Waals surface area contributed by atoms with E-state index in [1.54, 1.807) is 6.07 Å². The number of pyridine rings is 1. The van der Waals surface area contributed by atoms with Crippen molar-refractivity contribution in [2.24, 2.45) is 0 Å². The van der Waals surface area contributed by atoms with Crippen LogP contribution in [-0.4, -0.2) is 9.91 Å². The zero-order valence-corrected chi connectivity index (χ0v) is 10.6. The lowest BCUT2D eigenvalue weighted by Crippen LogP contribution is -2.02. The predicted molar refractivity (Wildman–Crippen MR) is 70.3 cm³/mol. The number of halogens is 2. The standard InChI is InChI=1S/C12H6ClFN4O2/c13-11-5-4-10(18(19)20)12(17-11)16-9-3-1-2-8(14)7(9)6-15/h1-5H,(H,16,17). The molecule has 2 aromatic rings. The van der Waals surface area contributed by atoms with Crippen molar-refractivity contribution in [2.75, 3.05) is 5.32 Å². The molecule has 0 unspecified atom stereocenters. The van der Waals surface area contributed by atoms with Crippen LogP contribution >= 0.6 is 11.6 Å². The Hall–Kier alpha value is -2.72. The number of anilines is 2. The molecule has 1 heterocycles. The van der Waals surface area contributed by atoms with Gasteiger partial charge in [0.1, 0.15) is 22.6 Å². The Bertz CT molecular complexity index is 730. The van der Waals surface area contributed by atoms with Gasteiger partial charge in [0.2, 0.25) is 5.82 Å². The minimum absolute atomic E-state index is 0.0352. The number of aromatic nitrogens is 1. The van der Waals surface area contributed by atoms with Crippen LogP contribution < -0.4 is 5.32 Å². The summed E-state index contributed by atoms with van der Waals surface area (Å²) in [6.45, 7) is 0. The van der Waals surface area contributed by atoms with Gasteiger partial charge >= 0.3 is 5.69 Å². The number of nitrogens with zero attached hydrogens (tertiary/aromatic N) is 3. The molecule has 6 nitrogen and oxygen atoms in total. The lowest BCUT2D eigenvalue weighted by atomic mass is 10.2. The van der Waals surface area contributed by atoms with E-state index in [9.17, 15) is 14.5 Å². The number of hydrogen-bond acceptors (Lipinski definition) is 5. The van der Waals surface area contributed by atoms with Crippen LogP contribution in [-0.2, 0) is 0 Å². The summed E-state index contributed by atoms with van der Waals surface area (Å²) in [6, 6.07) is 8.01. The van der Waals surface area contributed by atoms with Gasteiger partial charge in [0.25, 0.3) is 0 Å². The van der Waals surface area contributed by atoms with Crippen molar-refractivity contribution in [3.05, 3.63) is 57.0 Å². The summed E-state index contributed by atoms with van der Waals surface area (Å²) in [5.74, 6) is -0.896. The molecule has 0 aliphatic heterocycles. The quantitative estimate of drug-likeness (QED) is 0.532. The minimum atomic E-state index is -0.734. The Balaban J connectivity index is 2.51. The smallest absolute Gasteiger partial charge is 0.311 e. The number of rotatable bonds is 3. The molecule has 100 valence electrons. The highest BCUT2D eigenvalue weighted by Crippen LogP contribution is 2.29. The fraction of sp³-hybridized carbons (Fsp3) is 0. The number of benzene rings is 1. The van der Waals surface area contributed by atoms with Crippen molar-refractivity contribution in [3.8, 4) is 6.07 Å². The molecule has 8 heteroatoms. The SMILES string of the molecule is N#Cc1c(F)cccc1Nc1nc(Cl)ccc1[N+](=O)[O-]. The summed E-state index contributed by atoms with van der Waals surface area (Å²) in [6.07, 6.45) is 0. The first-order chi connectivity index (χ1) is 9.52. The molecule has 1 aromatic carbocycles. The van der Waals surface area contributed by atoms with E-state index in [2.05, 4.69) is 10.3 Å². The summed E-state index contributed by atoms with van der Waals surface area (Å²) in [5, 5.41) is 22.4. The van der Waals surface area contributed by atoms with Crippen molar-refractivity contribution in [2.45, 2.75) is 0 Å². The highest BCUT2D eigenvalue weighted by Gasteiger charge is 2.18. The molecule has 0 saturated heterocycles. The Kier molecular flexibility index (Phi) is 3.77. The Morgan fingerprint density at radius 2 is 2.15 bits per heavy atom. The van der Waals surface area contributed by atoms with E-state index in [-0.39, 0.29) is 27.9 Å². The molecule has 0 aliphatic carbocycles. The maximum atomic E-state index is 13.4. The van der Waals surface area contributed by atoms with Gasteiger partial charge in [0.15, 0.2) is 0 Å². The molecule has 1 N–H and O–H groups in total. The molecule has 0 saturated carbocycles. The monoisotopic (exact) mass is 292 g/mol.